The summed E-state index contributed by atoms with van der Waals surface area (Å²) in [5.41, 5.74) is 2.98. The highest BCUT2D eigenvalue weighted by Crippen LogP contribution is 2.31. The number of nitrogens with one attached hydrogen (secondary N) is 1. The number of hydrogen-bond donors (Lipinski definition) is 3. The fourth-order valence-corrected chi connectivity index (χ4v) is 1.37. The molecule has 0 radical (unpaired) electrons. The van der Waals surface area contributed by atoms with Crippen LogP contribution >= 0.6 is 0 Å². The van der Waals surface area contributed by atoms with Crippen molar-refractivity contribution in [2.45, 2.75) is 0 Å². The molecular formula is C10H10N2O. The van der Waals surface area contributed by atoms with Crippen molar-refractivity contribution in [2.24, 2.45) is 5.84 Å². The summed E-state index contributed by atoms with van der Waals surface area (Å²) >= 11 is 0. The molecule has 0 aliphatic carbocycles. The van der Waals surface area contributed by atoms with E-state index in [4.69, 9.17) is 5.84 Å². The molecule has 4 N–H and O–H groups in total. The number of hydrogen-bond acceptors (Lipinski definition) is 3. The van der Waals surface area contributed by atoms with Gasteiger partial charge in [0.2, 0.25) is 0 Å². The molecule has 2 aromatic rings. The van der Waals surface area contributed by atoms with Crippen molar-refractivity contribution in [3.63, 3.8) is 0 Å². The van der Waals surface area contributed by atoms with E-state index >= 15 is 0 Å². The van der Waals surface area contributed by atoms with Crippen molar-refractivity contribution in [1.82, 2.24) is 0 Å². The number of benzene rings is 2. The Morgan fingerprint density at radius 3 is 2.62 bits per heavy atom. The third kappa shape index (κ3) is 1.19. The number of fused-ring (bicyclic) bond motifs is 1. The van der Waals surface area contributed by atoms with Gasteiger partial charge in [0, 0.05) is 5.39 Å². The summed E-state index contributed by atoms with van der Waals surface area (Å²) in [5.74, 6) is 5.43. The van der Waals surface area contributed by atoms with E-state index in [1.807, 2.05) is 30.3 Å². The van der Waals surface area contributed by atoms with Crippen LogP contribution in [0.3, 0.4) is 0 Å². The molecule has 3 nitrogen and oxygen atoms in total. The maximum absolute atomic E-state index is 9.71. The van der Waals surface area contributed by atoms with E-state index in [2.05, 4.69) is 5.43 Å². The van der Waals surface area contributed by atoms with E-state index in [1.54, 1.807) is 6.07 Å². The van der Waals surface area contributed by atoms with E-state index in [-0.39, 0.29) is 5.75 Å². The summed E-state index contributed by atoms with van der Waals surface area (Å²) in [4.78, 5) is 0. The maximum Gasteiger partial charge on any atom is 0.147 e. The van der Waals surface area contributed by atoms with Gasteiger partial charge >= 0.3 is 0 Å². The van der Waals surface area contributed by atoms with Crippen molar-refractivity contribution >= 4 is 16.5 Å². The fraction of sp³-hybridized carbons (Fsp3) is 0. The second-order valence-corrected chi connectivity index (χ2v) is 2.83. The molecule has 0 unspecified atom stereocenters. The predicted octanol–water partition coefficient (Wildman–Crippen LogP) is 1.83. The van der Waals surface area contributed by atoms with Gasteiger partial charge in [0.25, 0.3) is 0 Å². The highest BCUT2D eigenvalue weighted by molar-refractivity contribution is 5.92. The number of phenols is 1. The number of aromatic hydroxyl groups is 1. The topological polar surface area (TPSA) is 58.3 Å². The van der Waals surface area contributed by atoms with Crippen molar-refractivity contribution in [3.8, 4) is 5.75 Å². The molecule has 0 amide bonds. The number of nitrogen functional groups attached to an aromatic ring is 1. The normalized spacial score (nSPS) is 10.2. The largest absolute Gasteiger partial charge is 0.505 e. The molecule has 3 heteroatoms. The van der Waals surface area contributed by atoms with Crippen LogP contribution in [0.25, 0.3) is 10.8 Å². The zero-order chi connectivity index (χ0) is 9.26. The molecular weight excluding hydrogens is 164 g/mol. The summed E-state index contributed by atoms with van der Waals surface area (Å²) < 4.78 is 0. The number of rotatable bonds is 1. The monoisotopic (exact) mass is 174 g/mol. The molecule has 0 aromatic heterocycles. The van der Waals surface area contributed by atoms with Gasteiger partial charge in [-0.15, -0.1) is 0 Å². The van der Waals surface area contributed by atoms with Gasteiger partial charge in [-0.05, 0) is 11.5 Å². The van der Waals surface area contributed by atoms with Gasteiger partial charge in [-0.2, -0.15) is 0 Å². The highest BCUT2D eigenvalue weighted by Gasteiger charge is 2.03. The quantitative estimate of drug-likeness (QED) is 0.351. The SMILES string of the molecule is NNc1ccc2ccccc2c1O. The maximum atomic E-state index is 9.71. The van der Waals surface area contributed by atoms with Crippen LogP contribution in [0.1, 0.15) is 0 Å². The van der Waals surface area contributed by atoms with E-state index in [0.717, 1.165) is 10.8 Å². The molecule has 2 aromatic carbocycles. The number of nitrogens with two attached hydrogens (primary N) is 1. The zero-order valence-electron chi connectivity index (χ0n) is 6.99. The van der Waals surface area contributed by atoms with Gasteiger partial charge in [-0.3, -0.25) is 5.84 Å². The summed E-state index contributed by atoms with van der Waals surface area (Å²) in [6.45, 7) is 0. The van der Waals surface area contributed by atoms with E-state index < -0.39 is 0 Å². The molecule has 0 atom stereocenters. The van der Waals surface area contributed by atoms with Gasteiger partial charge in [0.15, 0.2) is 0 Å². The van der Waals surface area contributed by atoms with Crippen LogP contribution in [0.15, 0.2) is 36.4 Å². The lowest BCUT2D eigenvalue weighted by atomic mass is 10.1. The van der Waals surface area contributed by atoms with Gasteiger partial charge in [0.05, 0.1) is 5.69 Å². The Kier molecular flexibility index (Phi) is 1.79. The van der Waals surface area contributed by atoms with Crippen LogP contribution in [0.2, 0.25) is 0 Å². The van der Waals surface area contributed by atoms with Crippen molar-refractivity contribution < 1.29 is 5.11 Å². The van der Waals surface area contributed by atoms with E-state index in [1.165, 1.54) is 0 Å². The molecule has 0 saturated heterocycles. The molecule has 0 aliphatic heterocycles. The Morgan fingerprint density at radius 1 is 1.08 bits per heavy atom. The van der Waals surface area contributed by atoms with Crippen LogP contribution in [0.5, 0.6) is 5.75 Å². The Morgan fingerprint density at radius 2 is 1.85 bits per heavy atom. The first kappa shape index (κ1) is 7.89. The smallest absolute Gasteiger partial charge is 0.147 e. The van der Waals surface area contributed by atoms with Gasteiger partial charge in [0.1, 0.15) is 5.75 Å². The minimum Gasteiger partial charge on any atom is -0.505 e. The summed E-state index contributed by atoms with van der Waals surface area (Å²) in [5, 5.41) is 11.5. The Labute approximate surface area is 75.8 Å². The molecule has 0 fully saturated rings. The van der Waals surface area contributed by atoms with Crippen LogP contribution in [-0.4, -0.2) is 5.11 Å². The van der Waals surface area contributed by atoms with Crippen molar-refractivity contribution in [1.29, 1.82) is 0 Å². The van der Waals surface area contributed by atoms with Crippen molar-refractivity contribution in [2.75, 3.05) is 5.43 Å². The molecule has 66 valence electrons. The Bertz CT molecular complexity index is 440. The average Bonchev–Trinajstić information content (AvgIpc) is 2.19. The van der Waals surface area contributed by atoms with Crippen LogP contribution in [0.4, 0.5) is 5.69 Å². The summed E-state index contributed by atoms with van der Waals surface area (Å²) in [7, 11) is 0. The highest BCUT2D eigenvalue weighted by atomic mass is 16.3. The second-order valence-electron chi connectivity index (χ2n) is 2.83. The predicted molar refractivity (Wildman–Crippen MR) is 53.4 cm³/mol. The van der Waals surface area contributed by atoms with Crippen LogP contribution in [-0.2, 0) is 0 Å². The summed E-state index contributed by atoms with van der Waals surface area (Å²) in [6, 6.07) is 11.3. The third-order valence-electron chi connectivity index (χ3n) is 2.06. The van der Waals surface area contributed by atoms with Gasteiger partial charge in [-0.25, -0.2) is 0 Å². The minimum atomic E-state index is 0.195. The van der Waals surface area contributed by atoms with Crippen LogP contribution < -0.4 is 11.3 Å². The number of hydrazine groups is 1. The second kappa shape index (κ2) is 2.95. The fourth-order valence-electron chi connectivity index (χ4n) is 1.37. The van der Waals surface area contributed by atoms with Gasteiger partial charge < -0.3 is 10.5 Å². The average molecular weight is 174 g/mol. The molecule has 0 aliphatic rings. The van der Waals surface area contributed by atoms with E-state index in [9.17, 15) is 5.11 Å². The molecule has 0 heterocycles. The Hall–Kier alpha value is -1.74. The van der Waals surface area contributed by atoms with Crippen molar-refractivity contribution in [3.05, 3.63) is 36.4 Å². The molecule has 0 bridgehead atoms. The standard InChI is InChI=1S/C10H10N2O/c11-12-9-6-5-7-3-1-2-4-8(7)10(9)13/h1-6,12-13H,11H2. The minimum absolute atomic E-state index is 0.195. The molecule has 0 saturated carbocycles. The zero-order valence-corrected chi connectivity index (χ0v) is 6.99. The number of phenolic OH excluding ortho intramolecular Hbond substituents is 1. The Balaban J connectivity index is 2.79. The van der Waals surface area contributed by atoms with Crippen LogP contribution in [0, 0.1) is 0 Å². The lowest BCUT2D eigenvalue weighted by molar-refractivity contribution is 0.483. The first-order valence-electron chi connectivity index (χ1n) is 4.00. The lowest BCUT2D eigenvalue weighted by Crippen LogP contribution is -2.06. The number of anilines is 1. The van der Waals surface area contributed by atoms with E-state index in [0.29, 0.717) is 5.69 Å². The summed E-state index contributed by atoms with van der Waals surface area (Å²) in [6.07, 6.45) is 0. The first-order chi connectivity index (χ1) is 6.33. The molecule has 2 rings (SSSR count). The molecule has 13 heavy (non-hydrogen) atoms. The van der Waals surface area contributed by atoms with Gasteiger partial charge in [-0.1, -0.05) is 30.3 Å². The lowest BCUT2D eigenvalue weighted by Gasteiger charge is -2.06. The first-order valence-corrected chi connectivity index (χ1v) is 4.00. The third-order valence-corrected chi connectivity index (χ3v) is 2.06. The molecule has 0 spiro atoms.